The van der Waals surface area contributed by atoms with E-state index in [0.29, 0.717) is 24.0 Å². The van der Waals surface area contributed by atoms with Gasteiger partial charge in [0, 0.05) is 41.9 Å². The summed E-state index contributed by atoms with van der Waals surface area (Å²) in [6, 6.07) is 26.8. The van der Waals surface area contributed by atoms with Crippen molar-refractivity contribution in [1.29, 1.82) is 0 Å². The van der Waals surface area contributed by atoms with Crippen molar-refractivity contribution in [3.05, 3.63) is 131 Å². The van der Waals surface area contributed by atoms with Gasteiger partial charge in [0.2, 0.25) is 0 Å². The second-order valence-corrected chi connectivity index (χ2v) is 12.4. The van der Waals surface area contributed by atoms with E-state index in [1.807, 2.05) is 79.1 Å². The summed E-state index contributed by atoms with van der Waals surface area (Å²) in [6.45, 7) is 7.71. The highest BCUT2D eigenvalue weighted by molar-refractivity contribution is 5.92. The molecule has 5 aromatic rings. The fourth-order valence-corrected chi connectivity index (χ4v) is 5.90. The number of pyridine rings is 2. The molecule has 0 spiro atoms. The van der Waals surface area contributed by atoms with Crippen molar-refractivity contribution < 1.29 is 18.3 Å². The Balaban J connectivity index is 1.37. The molecule has 0 bridgehead atoms. The molecule has 48 heavy (non-hydrogen) atoms. The number of aromatic nitrogens is 2. The van der Waals surface area contributed by atoms with Crippen LogP contribution < -0.4 is 0 Å². The third-order valence-electron chi connectivity index (χ3n) is 8.76. The first kappa shape index (κ1) is 34.6. The van der Waals surface area contributed by atoms with Gasteiger partial charge in [-0.2, -0.15) is 0 Å². The maximum Gasteiger partial charge on any atom is 0.341 e. The van der Waals surface area contributed by atoms with Gasteiger partial charge in [-0.15, -0.1) is 0 Å². The lowest BCUT2D eigenvalue weighted by atomic mass is 9.92. The van der Waals surface area contributed by atoms with Crippen LogP contribution in [0.4, 0.5) is 8.78 Å². The number of hydrogen-bond acceptors (Lipinski definition) is 4. The van der Waals surface area contributed by atoms with E-state index in [0.717, 1.165) is 64.9 Å². The van der Waals surface area contributed by atoms with Crippen LogP contribution in [0, 0.1) is 5.82 Å². The molecule has 0 aliphatic rings. The van der Waals surface area contributed by atoms with Crippen LogP contribution in [0.25, 0.3) is 33.6 Å². The van der Waals surface area contributed by atoms with Crippen LogP contribution >= 0.6 is 0 Å². The minimum absolute atomic E-state index is 0.00528. The molecule has 3 aromatic carbocycles. The smallest absolute Gasteiger partial charge is 0.341 e. The number of rotatable bonds is 14. The molecule has 0 aliphatic carbocycles. The molecule has 4 nitrogen and oxygen atoms in total. The van der Waals surface area contributed by atoms with E-state index in [-0.39, 0.29) is 12.0 Å². The summed E-state index contributed by atoms with van der Waals surface area (Å²) in [7, 11) is 0. The van der Waals surface area contributed by atoms with Gasteiger partial charge in [0.1, 0.15) is 18.1 Å². The molecular formula is C42H44F2N2O2. The Morgan fingerprint density at radius 2 is 1.27 bits per heavy atom. The molecule has 0 aliphatic heterocycles. The molecule has 2 unspecified atom stereocenters. The van der Waals surface area contributed by atoms with Crippen LogP contribution in [0.15, 0.2) is 97.3 Å². The first-order valence-electron chi connectivity index (χ1n) is 17.1. The molecular weight excluding hydrogens is 602 g/mol. The maximum absolute atomic E-state index is 16.4. The van der Waals surface area contributed by atoms with Gasteiger partial charge in [0.25, 0.3) is 0 Å². The van der Waals surface area contributed by atoms with E-state index in [2.05, 4.69) is 42.9 Å². The van der Waals surface area contributed by atoms with Gasteiger partial charge in [0.15, 0.2) is 0 Å². The second kappa shape index (κ2) is 16.4. The molecule has 0 N–H and O–H groups in total. The van der Waals surface area contributed by atoms with Gasteiger partial charge in [-0.05, 0) is 78.6 Å². The van der Waals surface area contributed by atoms with Crippen molar-refractivity contribution in [3.63, 3.8) is 0 Å². The Morgan fingerprint density at radius 3 is 1.77 bits per heavy atom. The Labute approximate surface area is 283 Å². The fourth-order valence-electron chi connectivity index (χ4n) is 5.90. The van der Waals surface area contributed by atoms with Gasteiger partial charge >= 0.3 is 5.97 Å². The largest absolute Gasteiger partial charge is 0.458 e. The molecule has 2 heterocycles. The zero-order valence-electron chi connectivity index (χ0n) is 28.3. The highest BCUT2D eigenvalue weighted by Gasteiger charge is 2.25. The van der Waals surface area contributed by atoms with Crippen molar-refractivity contribution in [2.45, 2.75) is 84.9 Å². The lowest BCUT2D eigenvalue weighted by molar-refractivity contribution is 0.0228. The third kappa shape index (κ3) is 8.60. The van der Waals surface area contributed by atoms with Crippen molar-refractivity contribution >= 4 is 5.97 Å². The number of benzene rings is 3. The minimum Gasteiger partial charge on any atom is -0.458 e. The summed E-state index contributed by atoms with van der Waals surface area (Å²) in [5, 5.41) is 0. The van der Waals surface area contributed by atoms with E-state index in [1.54, 1.807) is 0 Å². The molecule has 5 rings (SSSR count). The highest BCUT2D eigenvalue weighted by atomic mass is 19.1. The van der Waals surface area contributed by atoms with Crippen LogP contribution in [0.3, 0.4) is 0 Å². The van der Waals surface area contributed by atoms with Crippen LogP contribution in [0.2, 0.25) is 0 Å². The zero-order chi connectivity index (χ0) is 34.0. The summed E-state index contributed by atoms with van der Waals surface area (Å²) in [6.07, 6.45) is 6.45. The van der Waals surface area contributed by atoms with E-state index < -0.39 is 24.1 Å². The summed E-state index contributed by atoms with van der Waals surface area (Å²) in [5.74, 6) is -1.42. The average molecular weight is 647 g/mol. The topological polar surface area (TPSA) is 52.1 Å². The van der Waals surface area contributed by atoms with Crippen LogP contribution in [0.1, 0.15) is 79.6 Å². The zero-order valence-corrected chi connectivity index (χ0v) is 28.3. The second-order valence-electron chi connectivity index (χ2n) is 12.4. The lowest BCUT2D eigenvalue weighted by Crippen LogP contribution is -2.24. The standard InChI is InChI=1S/C42H44F2N2O2/c1-5-8-9-34-20-21-37(41(44)40(34)35-18-16-33(17-19-35)39-23-13-30(7-3)27-46-39)42(47)48-36(24-28(4)43)25-31-10-14-32(15-11-31)38-22-12-29(6-2)26-45-38/h10-23,26-28,36H,5-9,24-25H2,1-4H3. The SMILES string of the molecule is CCCCc1ccc(C(=O)OC(Cc2ccc(-c3ccc(CC)cn3)cc2)CC(C)F)c(F)c1-c1ccc(-c2ccc(CC)cn2)cc1. The first-order valence-corrected chi connectivity index (χ1v) is 17.1. The van der Waals surface area contributed by atoms with Crippen molar-refractivity contribution in [2.75, 3.05) is 0 Å². The molecule has 2 atom stereocenters. The van der Waals surface area contributed by atoms with Crippen molar-refractivity contribution in [2.24, 2.45) is 0 Å². The Bertz CT molecular complexity index is 1780. The minimum atomic E-state index is -1.20. The van der Waals surface area contributed by atoms with Crippen LogP contribution in [-0.4, -0.2) is 28.2 Å². The number of carbonyl (C=O) groups excluding carboxylic acids is 1. The third-order valence-corrected chi connectivity index (χ3v) is 8.76. The highest BCUT2D eigenvalue weighted by Crippen LogP contribution is 2.33. The van der Waals surface area contributed by atoms with E-state index in [4.69, 9.17) is 4.74 Å². The van der Waals surface area contributed by atoms with Gasteiger partial charge in [-0.25, -0.2) is 13.6 Å². The summed E-state index contributed by atoms with van der Waals surface area (Å²) >= 11 is 0. The number of halogens is 2. The Morgan fingerprint density at radius 1 is 0.729 bits per heavy atom. The van der Waals surface area contributed by atoms with E-state index in [1.165, 1.54) is 18.6 Å². The summed E-state index contributed by atoms with van der Waals surface area (Å²) < 4.78 is 36.5. The number of alkyl halides is 1. The number of aryl methyl sites for hydroxylation is 3. The number of ether oxygens (including phenoxy) is 1. The molecule has 0 saturated carbocycles. The monoisotopic (exact) mass is 646 g/mol. The van der Waals surface area contributed by atoms with Gasteiger partial charge in [0.05, 0.1) is 17.0 Å². The molecule has 6 heteroatoms. The van der Waals surface area contributed by atoms with Crippen LogP contribution in [0.5, 0.6) is 0 Å². The van der Waals surface area contributed by atoms with Crippen LogP contribution in [-0.2, 0) is 30.4 Å². The number of nitrogens with zero attached hydrogens (tertiary/aromatic N) is 2. The quantitative estimate of drug-likeness (QED) is 0.113. The first-order chi connectivity index (χ1) is 23.3. The molecule has 2 aromatic heterocycles. The molecule has 0 fully saturated rings. The van der Waals surface area contributed by atoms with Gasteiger partial charge < -0.3 is 4.74 Å². The number of unbranched alkanes of at least 4 members (excludes halogenated alkanes) is 1. The number of hydrogen-bond donors (Lipinski definition) is 0. The number of esters is 1. The van der Waals surface area contributed by atoms with E-state index in [9.17, 15) is 9.18 Å². The predicted molar refractivity (Wildman–Crippen MR) is 190 cm³/mol. The maximum atomic E-state index is 16.4. The number of carbonyl (C=O) groups is 1. The Kier molecular flexibility index (Phi) is 11.8. The molecule has 248 valence electrons. The predicted octanol–water partition coefficient (Wildman–Crippen LogP) is 10.6. The van der Waals surface area contributed by atoms with E-state index >= 15 is 4.39 Å². The van der Waals surface area contributed by atoms with Gasteiger partial charge in [-0.1, -0.05) is 93.9 Å². The average Bonchev–Trinajstić information content (AvgIpc) is 3.11. The van der Waals surface area contributed by atoms with Gasteiger partial charge in [-0.3, -0.25) is 9.97 Å². The summed E-state index contributed by atoms with van der Waals surface area (Å²) in [4.78, 5) is 22.7. The normalized spacial score (nSPS) is 12.5. The molecule has 0 amide bonds. The lowest BCUT2D eigenvalue weighted by Gasteiger charge is -2.20. The Hall–Kier alpha value is -4.71. The molecule has 0 saturated heterocycles. The van der Waals surface area contributed by atoms with Crippen molar-refractivity contribution in [1.82, 2.24) is 9.97 Å². The molecule has 0 radical (unpaired) electrons. The summed E-state index contributed by atoms with van der Waals surface area (Å²) in [5.41, 5.74) is 8.56. The fraction of sp³-hybridized carbons (Fsp3) is 0.310. The van der Waals surface area contributed by atoms with Crippen molar-refractivity contribution in [3.8, 4) is 33.6 Å².